The number of amides is 1. The number of phenols is 1. The van der Waals surface area contributed by atoms with Gasteiger partial charge < -0.3 is 15.2 Å². The number of anilines is 1. The van der Waals surface area contributed by atoms with Crippen molar-refractivity contribution in [3.8, 4) is 22.8 Å². The lowest BCUT2D eigenvalue weighted by Crippen LogP contribution is -2.16. The average Bonchev–Trinajstić information content (AvgIpc) is 3.10. The largest absolute Gasteiger partial charge is 0.506 e. The molecule has 0 unspecified atom stereocenters. The fraction of sp³-hybridized carbons (Fsp3) is 0.0952. The van der Waals surface area contributed by atoms with Crippen LogP contribution in [0.15, 0.2) is 54.6 Å². The molecule has 164 valence electrons. The number of alkyl halides is 3. The Kier molecular flexibility index (Phi) is 5.39. The molecule has 2 aromatic carbocycles. The van der Waals surface area contributed by atoms with Crippen LogP contribution in [0.3, 0.4) is 0 Å². The Balaban J connectivity index is 1.86. The molecule has 0 fully saturated rings. The van der Waals surface area contributed by atoms with Crippen LogP contribution in [0.2, 0.25) is 5.02 Å². The quantitative estimate of drug-likeness (QED) is 0.415. The number of benzene rings is 2. The van der Waals surface area contributed by atoms with E-state index in [0.717, 1.165) is 6.07 Å². The summed E-state index contributed by atoms with van der Waals surface area (Å²) in [5.41, 5.74) is -1.61. The predicted octanol–water partition coefficient (Wildman–Crippen LogP) is 5.04. The number of nitrogens with one attached hydrogen (secondary N) is 1. The molecule has 0 aliphatic rings. The third-order valence-corrected chi connectivity index (χ3v) is 4.90. The maximum Gasteiger partial charge on any atom is 0.433 e. The molecule has 0 aliphatic heterocycles. The molecule has 0 saturated carbocycles. The average molecular weight is 463 g/mol. The van der Waals surface area contributed by atoms with Gasteiger partial charge in [0, 0.05) is 5.56 Å². The molecule has 4 aromatic rings. The number of methoxy groups -OCH3 is 1. The lowest BCUT2D eigenvalue weighted by molar-refractivity contribution is -0.142. The molecule has 4 rings (SSSR count). The molecule has 2 N–H and O–H groups in total. The van der Waals surface area contributed by atoms with Crippen molar-refractivity contribution in [1.82, 2.24) is 14.6 Å². The molecular weight excluding hydrogens is 449 g/mol. The van der Waals surface area contributed by atoms with Gasteiger partial charge in [-0.2, -0.15) is 18.3 Å². The van der Waals surface area contributed by atoms with Gasteiger partial charge in [-0.15, -0.1) is 0 Å². The molecule has 11 heteroatoms. The third-order valence-electron chi connectivity index (χ3n) is 4.56. The summed E-state index contributed by atoms with van der Waals surface area (Å²) in [6.45, 7) is 0. The Morgan fingerprint density at radius 1 is 1.16 bits per heavy atom. The number of aromatic hydroxyl groups is 1. The molecular formula is C21H14ClF3N4O3. The molecule has 2 heterocycles. The van der Waals surface area contributed by atoms with Gasteiger partial charge in [-0.3, -0.25) is 4.79 Å². The number of carbonyl (C=O) groups is 1. The van der Waals surface area contributed by atoms with Gasteiger partial charge in [-0.1, -0.05) is 35.9 Å². The smallest absolute Gasteiger partial charge is 0.433 e. The van der Waals surface area contributed by atoms with Gasteiger partial charge >= 0.3 is 6.18 Å². The maximum atomic E-state index is 13.8. The number of hydrogen-bond donors (Lipinski definition) is 2. The number of para-hydroxylation sites is 2. The molecule has 7 nitrogen and oxygen atoms in total. The van der Waals surface area contributed by atoms with Crippen LogP contribution in [0.5, 0.6) is 11.5 Å². The zero-order valence-electron chi connectivity index (χ0n) is 16.3. The van der Waals surface area contributed by atoms with E-state index in [-0.39, 0.29) is 27.8 Å². The van der Waals surface area contributed by atoms with Crippen LogP contribution in [-0.4, -0.2) is 32.7 Å². The molecule has 0 saturated heterocycles. The second-order valence-electron chi connectivity index (χ2n) is 6.63. The molecule has 0 atom stereocenters. The van der Waals surface area contributed by atoms with E-state index in [1.54, 1.807) is 30.3 Å². The fourth-order valence-electron chi connectivity index (χ4n) is 3.03. The van der Waals surface area contributed by atoms with Crippen molar-refractivity contribution in [1.29, 1.82) is 0 Å². The summed E-state index contributed by atoms with van der Waals surface area (Å²) in [6.07, 6.45) is -4.81. The van der Waals surface area contributed by atoms with E-state index in [2.05, 4.69) is 15.4 Å². The molecule has 2 aromatic heterocycles. The highest BCUT2D eigenvalue weighted by Crippen LogP contribution is 2.35. The summed E-state index contributed by atoms with van der Waals surface area (Å²) >= 11 is 6.24. The van der Waals surface area contributed by atoms with Crippen LogP contribution in [0.25, 0.3) is 16.9 Å². The second-order valence-corrected chi connectivity index (χ2v) is 7.00. The van der Waals surface area contributed by atoms with Gasteiger partial charge in [-0.05, 0) is 30.3 Å². The molecule has 0 aliphatic carbocycles. The van der Waals surface area contributed by atoms with Gasteiger partial charge in [0.15, 0.2) is 17.0 Å². The standard InChI is InChI=1S/C21H14ClF3N4O3/c1-32-12-6-4-5-11(9-12)14-10-16(21(23,24)25)29-19(26-14)17(22)18(28-29)20(31)27-13-7-2-3-8-15(13)30/h2-10,30H,1H3,(H,27,31). The molecule has 1 amide bonds. The Morgan fingerprint density at radius 3 is 2.59 bits per heavy atom. The Hall–Kier alpha value is -3.79. The van der Waals surface area contributed by atoms with Gasteiger partial charge in [-0.25, -0.2) is 9.50 Å². The van der Waals surface area contributed by atoms with E-state index in [4.69, 9.17) is 16.3 Å². The van der Waals surface area contributed by atoms with Crippen LogP contribution >= 0.6 is 11.6 Å². The number of aromatic nitrogens is 3. The summed E-state index contributed by atoms with van der Waals surface area (Å²) in [4.78, 5) is 16.9. The minimum absolute atomic E-state index is 0.0295. The molecule has 0 bridgehead atoms. The number of ether oxygens (including phenoxy) is 1. The second kappa shape index (κ2) is 8.04. The van der Waals surface area contributed by atoms with E-state index in [1.807, 2.05) is 0 Å². The normalized spacial score (nSPS) is 11.5. The zero-order valence-corrected chi connectivity index (χ0v) is 17.1. The van der Waals surface area contributed by atoms with Crippen molar-refractivity contribution in [2.45, 2.75) is 6.18 Å². The van der Waals surface area contributed by atoms with E-state index < -0.39 is 23.5 Å². The first kappa shape index (κ1) is 21.4. The first-order valence-corrected chi connectivity index (χ1v) is 9.47. The first-order valence-electron chi connectivity index (χ1n) is 9.09. The molecule has 0 radical (unpaired) electrons. The van der Waals surface area contributed by atoms with E-state index in [9.17, 15) is 23.1 Å². The molecule has 0 spiro atoms. The predicted molar refractivity (Wildman–Crippen MR) is 111 cm³/mol. The van der Waals surface area contributed by atoms with Gasteiger partial charge in [0.25, 0.3) is 5.91 Å². The number of fused-ring (bicyclic) bond motifs is 1. The highest BCUT2D eigenvalue weighted by Gasteiger charge is 2.36. The highest BCUT2D eigenvalue weighted by atomic mass is 35.5. The number of nitrogens with zero attached hydrogens (tertiary/aromatic N) is 3. The van der Waals surface area contributed by atoms with Crippen LogP contribution in [0.4, 0.5) is 18.9 Å². The number of halogens is 4. The van der Waals surface area contributed by atoms with Crippen LogP contribution < -0.4 is 10.1 Å². The van der Waals surface area contributed by atoms with Gasteiger partial charge in [0.1, 0.15) is 16.5 Å². The summed E-state index contributed by atoms with van der Waals surface area (Å²) in [5, 5.41) is 15.6. The summed E-state index contributed by atoms with van der Waals surface area (Å²) < 4.78 is 47.0. The van der Waals surface area contributed by atoms with Crippen molar-refractivity contribution < 1.29 is 27.8 Å². The lowest BCUT2D eigenvalue weighted by atomic mass is 10.1. The number of rotatable bonds is 4. The lowest BCUT2D eigenvalue weighted by Gasteiger charge is -2.11. The summed E-state index contributed by atoms with van der Waals surface area (Å²) in [7, 11) is 1.43. The van der Waals surface area contributed by atoms with Crippen molar-refractivity contribution in [3.63, 3.8) is 0 Å². The third kappa shape index (κ3) is 3.92. The maximum absolute atomic E-state index is 13.8. The minimum Gasteiger partial charge on any atom is -0.506 e. The van der Waals surface area contributed by atoms with Crippen molar-refractivity contribution in [2.24, 2.45) is 0 Å². The number of carbonyl (C=O) groups excluding carboxylic acids is 1. The highest BCUT2D eigenvalue weighted by molar-refractivity contribution is 6.37. The van der Waals surface area contributed by atoms with Crippen LogP contribution in [0.1, 0.15) is 16.2 Å². The minimum atomic E-state index is -4.81. The van der Waals surface area contributed by atoms with E-state index >= 15 is 0 Å². The molecule has 32 heavy (non-hydrogen) atoms. The van der Waals surface area contributed by atoms with Crippen LogP contribution in [0, 0.1) is 0 Å². The zero-order chi connectivity index (χ0) is 23.0. The summed E-state index contributed by atoms with van der Waals surface area (Å²) in [6, 6.07) is 13.0. The Morgan fingerprint density at radius 2 is 1.91 bits per heavy atom. The van der Waals surface area contributed by atoms with E-state index in [0.29, 0.717) is 15.8 Å². The fourth-order valence-corrected chi connectivity index (χ4v) is 3.28. The summed E-state index contributed by atoms with van der Waals surface area (Å²) in [5.74, 6) is -0.701. The van der Waals surface area contributed by atoms with Gasteiger partial charge in [0.05, 0.1) is 18.5 Å². The van der Waals surface area contributed by atoms with E-state index in [1.165, 1.54) is 25.3 Å². The number of hydrogen-bond acceptors (Lipinski definition) is 5. The number of phenolic OH excluding ortho intramolecular Hbond substituents is 1. The monoisotopic (exact) mass is 462 g/mol. The first-order chi connectivity index (χ1) is 15.2. The van der Waals surface area contributed by atoms with Crippen molar-refractivity contribution >= 4 is 28.8 Å². The van der Waals surface area contributed by atoms with Crippen LogP contribution in [-0.2, 0) is 6.18 Å². The Bertz CT molecular complexity index is 1340. The topological polar surface area (TPSA) is 88.8 Å². The van der Waals surface area contributed by atoms with Gasteiger partial charge in [0.2, 0.25) is 0 Å². The van der Waals surface area contributed by atoms with Crippen molar-refractivity contribution in [3.05, 3.63) is 71.0 Å². The SMILES string of the molecule is COc1cccc(-c2cc(C(F)(F)F)n3nc(C(=O)Nc4ccccc4O)c(Cl)c3n2)c1. The Labute approximate surface area is 184 Å². The van der Waals surface area contributed by atoms with Crippen molar-refractivity contribution in [2.75, 3.05) is 12.4 Å².